The molecule has 0 saturated heterocycles. The highest BCUT2D eigenvalue weighted by Crippen LogP contribution is 2.25. The third kappa shape index (κ3) is 6.23. The van der Waals surface area contributed by atoms with E-state index in [2.05, 4.69) is 9.46 Å². The number of nitrogens with one attached hydrogen (secondary N) is 1. The molecule has 0 aromatic heterocycles. The Labute approximate surface area is 149 Å². The van der Waals surface area contributed by atoms with E-state index in [9.17, 15) is 21.6 Å². The van der Waals surface area contributed by atoms with Gasteiger partial charge in [-0.15, -0.1) is 13.2 Å². The van der Waals surface area contributed by atoms with E-state index < -0.39 is 22.1 Å². The Bertz CT molecular complexity index is 851. The van der Waals surface area contributed by atoms with Crippen LogP contribution in [0.2, 0.25) is 0 Å². The third-order valence-electron chi connectivity index (χ3n) is 3.09. The largest absolute Gasteiger partial charge is 0.573 e. The van der Waals surface area contributed by atoms with Gasteiger partial charge in [-0.2, -0.15) is 0 Å². The van der Waals surface area contributed by atoms with Gasteiger partial charge in [0.1, 0.15) is 11.5 Å². The predicted molar refractivity (Wildman–Crippen MR) is 89.4 cm³/mol. The van der Waals surface area contributed by atoms with Crippen LogP contribution in [0.4, 0.5) is 13.2 Å². The molecule has 26 heavy (non-hydrogen) atoms. The number of alkyl halides is 3. The molecule has 9 heteroatoms. The molecule has 1 N–H and O–H groups in total. The first-order valence-electron chi connectivity index (χ1n) is 7.66. The summed E-state index contributed by atoms with van der Waals surface area (Å²) in [5.74, 6) is -0.00928. The molecule has 0 atom stereocenters. The van der Waals surface area contributed by atoms with Gasteiger partial charge in [-0.3, -0.25) is 0 Å². The normalized spacial score (nSPS) is 12.2. The zero-order valence-electron chi connectivity index (χ0n) is 14.1. The number of hydrogen-bond acceptors (Lipinski definition) is 4. The Kier molecular flexibility index (Phi) is 6.14. The van der Waals surface area contributed by atoms with Crippen molar-refractivity contribution in [3.8, 4) is 11.5 Å². The number of halogens is 3. The van der Waals surface area contributed by atoms with Crippen LogP contribution < -0.4 is 14.2 Å². The van der Waals surface area contributed by atoms with Crippen molar-refractivity contribution in [1.29, 1.82) is 0 Å². The standard InChI is InChI=1S/C17H18F3NO4S/c1-12(2)24-14-6-3-5-13(9-14)11-21-26(22,23)16-8-4-7-15(10-16)25-17(18,19)20/h3-10,12,21H,11H2,1-2H3. The lowest BCUT2D eigenvalue weighted by Gasteiger charge is -2.12. The number of benzene rings is 2. The molecular formula is C17H18F3NO4S. The minimum absolute atomic E-state index is 0.0293. The van der Waals surface area contributed by atoms with Crippen LogP contribution in [-0.2, 0) is 16.6 Å². The second-order valence-electron chi connectivity index (χ2n) is 5.66. The fourth-order valence-corrected chi connectivity index (χ4v) is 3.15. The topological polar surface area (TPSA) is 64.6 Å². The number of sulfonamides is 1. The molecule has 5 nitrogen and oxygen atoms in total. The molecule has 0 aliphatic rings. The first-order chi connectivity index (χ1) is 12.0. The summed E-state index contributed by atoms with van der Waals surface area (Å²) in [6.45, 7) is 3.69. The summed E-state index contributed by atoms with van der Waals surface area (Å²) >= 11 is 0. The van der Waals surface area contributed by atoms with Gasteiger partial charge in [-0.05, 0) is 43.7 Å². The van der Waals surface area contributed by atoms with E-state index in [1.54, 1.807) is 24.3 Å². The molecule has 0 fully saturated rings. The first-order valence-corrected chi connectivity index (χ1v) is 9.14. The number of ether oxygens (including phenoxy) is 2. The minimum Gasteiger partial charge on any atom is -0.491 e. The van der Waals surface area contributed by atoms with E-state index in [0.29, 0.717) is 11.3 Å². The van der Waals surface area contributed by atoms with Gasteiger partial charge in [-0.25, -0.2) is 13.1 Å². The van der Waals surface area contributed by atoms with Crippen molar-refractivity contribution in [1.82, 2.24) is 4.72 Å². The van der Waals surface area contributed by atoms with Crippen LogP contribution in [0.25, 0.3) is 0 Å². The highest BCUT2D eigenvalue weighted by Gasteiger charge is 2.31. The first kappa shape index (κ1) is 20.1. The van der Waals surface area contributed by atoms with Crippen molar-refractivity contribution in [3.63, 3.8) is 0 Å². The zero-order chi connectivity index (χ0) is 19.4. The van der Waals surface area contributed by atoms with Crippen molar-refractivity contribution in [3.05, 3.63) is 54.1 Å². The molecule has 0 saturated carbocycles. The lowest BCUT2D eigenvalue weighted by Crippen LogP contribution is -2.23. The molecule has 0 heterocycles. The Balaban J connectivity index is 2.11. The highest BCUT2D eigenvalue weighted by molar-refractivity contribution is 7.89. The van der Waals surface area contributed by atoms with Gasteiger partial charge in [0.15, 0.2) is 0 Å². The molecule has 0 spiro atoms. The quantitative estimate of drug-likeness (QED) is 0.781. The van der Waals surface area contributed by atoms with Crippen molar-refractivity contribution in [2.24, 2.45) is 0 Å². The van der Waals surface area contributed by atoms with Crippen LogP contribution in [0, 0.1) is 0 Å². The smallest absolute Gasteiger partial charge is 0.491 e. The molecule has 2 aromatic rings. The van der Waals surface area contributed by atoms with Crippen molar-refractivity contribution < 1.29 is 31.1 Å². The molecule has 0 aliphatic carbocycles. The van der Waals surface area contributed by atoms with E-state index in [0.717, 1.165) is 12.1 Å². The lowest BCUT2D eigenvalue weighted by atomic mass is 10.2. The van der Waals surface area contributed by atoms with Crippen molar-refractivity contribution in [2.45, 2.75) is 37.8 Å². The second-order valence-corrected chi connectivity index (χ2v) is 7.43. The summed E-state index contributed by atoms with van der Waals surface area (Å²) < 4.78 is 73.0. The van der Waals surface area contributed by atoms with E-state index in [1.807, 2.05) is 13.8 Å². The number of hydrogen-bond donors (Lipinski definition) is 1. The maximum absolute atomic E-state index is 12.3. The SMILES string of the molecule is CC(C)Oc1cccc(CNS(=O)(=O)c2cccc(OC(F)(F)F)c2)c1. The summed E-state index contributed by atoms with van der Waals surface area (Å²) in [5, 5.41) is 0. The molecule has 0 bridgehead atoms. The third-order valence-corrected chi connectivity index (χ3v) is 4.48. The van der Waals surface area contributed by atoms with E-state index in [-0.39, 0.29) is 17.5 Å². The molecular weight excluding hydrogens is 371 g/mol. The van der Waals surface area contributed by atoms with Crippen LogP contribution >= 0.6 is 0 Å². The van der Waals surface area contributed by atoms with E-state index >= 15 is 0 Å². The second kappa shape index (κ2) is 7.96. The van der Waals surface area contributed by atoms with Crippen molar-refractivity contribution in [2.75, 3.05) is 0 Å². The van der Waals surface area contributed by atoms with Crippen LogP contribution in [0.5, 0.6) is 11.5 Å². The average Bonchev–Trinajstić information content (AvgIpc) is 2.51. The van der Waals surface area contributed by atoms with Crippen LogP contribution in [0.1, 0.15) is 19.4 Å². The average molecular weight is 389 g/mol. The van der Waals surface area contributed by atoms with Gasteiger partial charge in [0.25, 0.3) is 0 Å². The number of rotatable bonds is 7. The van der Waals surface area contributed by atoms with E-state index in [4.69, 9.17) is 4.74 Å². The lowest BCUT2D eigenvalue weighted by molar-refractivity contribution is -0.274. The van der Waals surface area contributed by atoms with Crippen molar-refractivity contribution >= 4 is 10.0 Å². The summed E-state index contributed by atoms with van der Waals surface area (Å²) in [6.07, 6.45) is -4.93. The molecule has 0 radical (unpaired) electrons. The maximum Gasteiger partial charge on any atom is 0.573 e. The Morgan fingerprint density at radius 1 is 1.04 bits per heavy atom. The van der Waals surface area contributed by atoms with Gasteiger partial charge in [-0.1, -0.05) is 18.2 Å². The Hall–Kier alpha value is -2.26. The summed E-state index contributed by atoms with van der Waals surface area (Å²) in [4.78, 5) is -0.325. The zero-order valence-corrected chi connectivity index (χ0v) is 14.9. The molecule has 0 unspecified atom stereocenters. The van der Waals surface area contributed by atoms with Crippen LogP contribution in [-0.4, -0.2) is 20.9 Å². The van der Waals surface area contributed by atoms with Gasteiger partial charge < -0.3 is 9.47 Å². The van der Waals surface area contributed by atoms with E-state index in [1.165, 1.54) is 12.1 Å². The summed E-state index contributed by atoms with van der Waals surface area (Å²) in [5.41, 5.74) is 0.648. The summed E-state index contributed by atoms with van der Waals surface area (Å²) in [6, 6.07) is 11.1. The summed E-state index contributed by atoms with van der Waals surface area (Å²) in [7, 11) is -4.01. The van der Waals surface area contributed by atoms with Gasteiger partial charge >= 0.3 is 6.36 Å². The minimum atomic E-state index is -4.90. The Morgan fingerprint density at radius 2 is 1.69 bits per heavy atom. The Morgan fingerprint density at radius 3 is 2.35 bits per heavy atom. The van der Waals surface area contributed by atoms with Crippen LogP contribution in [0.15, 0.2) is 53.4 Å². The predicted octanol–water partition coefficient (Wildman–Crippen LogP) is 3.85. The molecule has 2 rings (SSSR count). The fraction of sp³-hybridized carbons (Fsp3) is 0.294. The monoisotopic (exact) mass is 389 g/mol. The highest BCUT2D eigenvalue weighted by atomic mass is 32.2. The van der Waals surface area contributed by atoms with Gasteiger partial charge in [0.05, 0.1) is 11.0 Å². The van der Waals surface area contributed by atoms with Gasteiger partial charge in [0, 0.05) is 12.6 Å². The van der Waals surface area contributed by atoms with Gasteiger partial charge in [0.2, 0.25) is 10.0 Å². The molecule has 0 amide bonds. The molecule has 0 aliphatic heterocycles. The molecule has 2 aromatic carbocycles. The van der Waals surface area contributed by atoms with Crippen LogP contribution in [0.3, 0.4) is 0 Å². The fourth-order valence-electron chi connectivity index (χ4n) is 2.10. The maximum atomic E-state index is 12.3. The molecule has 142 valence electrons.